The number of likely N-dealkylation sites (tertiary alicyclic amines) is 2. The van der Waals surface area contributed by atoms with Crippen molar-refractivity contribution in [2.24, 2.45) is 4.99 Å². The van der Waals surface area contributed by atoms with Crippen LogP contribution in [0.3, 0.4) is 0 Å². The Kier molecular flexibility index (Phi) is 9.91. The van der Waals surface area contributed by atoms with Crippen LogP contribution in [0.5, 0.6) is 0 Å². The highest BCUT2D eigenvalue weighted by atomic mass is 16.5. The smallest absolute Gasteiger partial charge is 0.222 e. The zero-order valence-corrected chi connectivity index (χ0v) is 17.4. The Labute approximate surface area is 164 Å². The maximum absolute atomic E-state index is 12.0. The van der Waals surface area contributed by atoms with E-state index in [1.165, 1.54) is 0 Å². The minimum atomic E-state index is 0.318. The van der Waals surface area contributed by atoms with Gasteiger partial charge in [-0.15, -0.1) is 0 Å². The highest BCUT2D eigenvalue weighted by molar-refractivity contribution is 5.80. The van der Waals surface area contributed by atoms with E-state index in [0.29, 0.717) is 24.5 Å². The Morgan fingerprint density at radius 3 is 2.67 bits per heavy atom. The van der Waals surface area contributed by atoms with Crippen molar-refractivity contribution in [1.82, 2.24) is 15.1 Å². The molecule has 1 atom stereocenters. The fourth-order valence-electron chi connectivity index (χ4n) is 4.01. The van der Waals surface area contributed by atoms with Crippen molar-refractivity contribution in [3.05, 3.63) is 0 Å². The standard InChI is InChI=1S/C20H38N4O3/c1-4-17(24-12-5-7-19(24)25)8-11-22-20(21-2)23-13-9-18(10-14-23)27-16-6-15-26-3/h17-18H,4-16H2,1-3H3,(H,21,22). The third-order valence-electron chi connectivity index (χ3n) is 5.58. The molecule has 0 aromatic rings. The van der Waals surface area contributed by atoms with Gasteiger partial charge < -0.3 is 24.6 Å². The normalized spacial score (nSPS) is 20.4. The molecule has 1 amide bonds. The van der Waals surface area contributed by atoms with Gasteiger partial charge in [0.1, 0.15) is 0 Å². The number of ether oxygens (including phenoxy) is 2. The fraction of sp³-hybridized carbons (Fsp3) is 0.900. The van der Waals surface area contributed by atoms with Gasteiger partial charge in [-0.3, -0.25) is 9.79 Å². The van der Waals surface area contributed by atoms with Gasteiger partial charge in [0.25, 0.3) is 0 Å². The van der Waals surface area contributed by atoms with Gasteiger partial charge in [0.05, 0.1) is 6.10 Å². The van der Waals surface area contributed by atoms with E-state index in [-0.39, 0.29) is 0 Å². The van der Waals surface area contributed by atoms with Crippen LogP contribution >= 0.6 is 0 Å². The Morgan fingerprint density at radius 2 is 2.07 bits per heavy atom. The minimum Gasteiger partial charge on any atom is -0.385 e. The molecular weight excluding hydrogens is 344 g/mol. The predicted molar refractivity (Wildman–Crippen MR) is 108 cm³/mol. The molecule has 0 saturated carbocycles. The lowest BCUT2D eigenvalue weighted by atomic mass is 10.1. The first-order valence-corrected chi connectivity index (χ1v) is 10.5. The third kappa shape index (κ3) is 6.96. The summed E-state index contributed by atoms with van der Waals surface area (Å²) in [5.74, 6) is 1.29. The van der Waals surface area contributed by atoms with Crippen LogP contribution in [0.15, 0.2) is 4.99 Å². The molecule has 2 heterocycles. The number of amides is 1. The summed E-state index contributed by atoms with van der Waals surface area (Å²) in [4.78, 5) is 20.8. The van der Waals surface area contributed by atoms with Gasteiger partial charge in [0.15, 0.2) is 5.96 Å². The van der Waals surface area contributed by atoms with E-state index < -0.39 is 0 Å². The molecule has 2 fully saturated rings. The number of aliphatic imine (C=N–C) groups is 1. The van der Waals surface area contributed by atoms with Crippen molar-refractivity contribution in [2.75, 3.05) is 53.6 Å². The number of nitrogens with one attached hydrogen (secondary N) is 1. The molecule has 7 heteroatoms. The van der Waals surface area contributed by atoms with E-state index >= 15 is 0 Å². The summed E-state index contributed by atoms with van der Waals surface area (Å²) in [5.41, 5.74) is 0. The number of carbonyl (C=O) groups excluding carboxylic acids is 1. The van der Waals surface area contributed by atoms with Gasteiger partial charge >= 0.3 is 0 Å². The molecule has 27 heavy (non-hydrogen) atoms. The third-order valence-corrected chi connectivity index (χ3v) is 5.58. The highest BCUT2D eigenvalue weighted by Gasteiger charge is 2.27. The summed E-state index contributed by atoms with van der Waals surface area (Å²) in [7, 11) is 3.57. The monoisotopic (exact) mass is 382 g/mol. The lowest BCUT2D eigenvalue weighted by molar-refractivity contribution is -0.129. The zero-order valence-electron chi connectivity index (χ0n) is 17.4. The number of nitrogens with zero attached hydrogens (tertiary/aromatic N) is 3. The van der Waals surface area contributed by atoms with E-state index in [9.17, 15) is 4.79 Å². The first kappa shape index (κ1) is 22.0. The van der Waals surface area contributed by atoms with E-state index in [2.05, 4.69) is 27.0 Å². The molecule has 2 rings (SSSR count). The summed E-state index contributed by atoms with van der Waals surface area (Å²) in [6.07, 6.45) is 7.08. The van der Waals surface area contributed by atoms with Crippen molar-refractivity contribution in [3.8, 4) is 0 Å². The van der Waals surface area contributed by atoms with Crippen LogP contribution in [-0.2, 0) is 14.3 Å². The van der Waals surface area contributed by atoms with Gasteiger partial charge in [-0.05, 0) is 38.5 Å². The summed E-state index contributed by atoms with van der Waals surface area (Å²) in [5, 5.41) is 3.50. The summed E-state index contributed by atoms with van der Waals surface area (Å²) in [6, 6.07) is 0.344. The molecule has 1 N–H and O–H groups in total. The maximum Gasteiger partial charge on any atom is 0.222 e. The van der Waals surface area contributed by atoms with Crippen molar-refractivity contribution >= 4 is 11.9 Å². The van der Waals surface area contributed by atoms with Crippen LogP contribution in [0.25, 0.3) is 0 Å². The molecule has 0 bridgehead atoms. The number of hydrogen-bond acceptors (Lipinski definition) is 4. The summed E-state index contributed by atoms with van der Waals surface area (Å²) in [6.45, 7) is 7.41. The van der Waals surface area contributed by atoms with Crippen molar-refractivity contribution < 1.29 is 14.3 Å². The molecule has 1 unspecified atom stereocenters. The van der Waals surface area contributed by atoms with Gasteiger partial charge in [-0.1, -0.05) is 6.92 Å². The number of piperidine rings is 1. The SMILES string of the molecule is CCC(CCNC(=NC)N1CCC(OCCCOC)CC1)N1CCCC1=O. The molecule has 0 radical (unpaired) electrons. The van der Waals surface area contributed by atoms with E-state index in [1.807, 2.05) is 7.05 Å². The molecule has 0 spiro atoms. The largest absolute Gasteiger partial charge is 0.385 e. The summed E-state index contributed by atoms with van der Waals surface area (Å²) < 4.78 is 11.0. The minimum absolute atomic E-state index is 0.318. The molecule has 2 aliphatic heterocycles. The van der Waals surface area contributed by atoms with E-state index in [4.69, 9.17) is 9.47 Å². The van der Waals surface area contributed by atoms with Gasteiger partial charge in [-0.25, -0.2) is 0 Å². The lowest BCUT2D eigenvalue weighted by Gasteiger charge is -2.34. The first-order chi connectivity index (χ1) is 13.2. The first-order valence-electron chi connectivity index (χ1n) is 10.5. The molecule has 0 aromatic carbocycles. The highest BCUT2D eigenvalue weighted by Crippen LogP contribution is 2.18. The molecule has 2 aliphatic rings. The second kappa shape index (κ2) is 12.2. The predicted octanol–water partition coefficient (Wildman–Crippen LogP) is 1.87. The average Bonchev–Trinajstić information content (AvgIpc) is 3.12. The van der Waals surface area contributed by atoms with Crippen LogP contribution in [0.4, 0.5) is 0 Å². The number of guanidine groups is 1. The van der Waals surface area contributed by atoms with E-state index in [0.717, 1.165) is 83.9 Å². The van der Waals surface area contributed by atoms with Crippen molar-refractivity contribution in [3.63, 3.8) is 0 Å². The van der Waals surface area contributed by atoms with Crippen LogP contribution in [0.1, 0.15) is 51.9 Å². The molecular formula is C20H38N4O3. The van der Waals surface area contributed by atoms with Gasteiger partial charge in [0, 0.05) is 66.0 Å². The van der Waals surface area contributed by atoms with Gasteiger partial charge in [-0.2, -0.15) is 0 Å². The lowest BCUT2D eigenvalue weighted by Crippen LogP contribution is -2.48. The maximum atomic E-state index is 12.0. The molecule has 2 saturated heterocycles. The van der Waals surface area contributed by atoms with Crippen molar-refractivity contribution in [2.45, 2.75) is 64.0 Å². The van der Waals surface area contributed by atoms with Crippen molar-refractivity contribution in [1.29, 1.82) is 0 Å². The fourth-order valence-corrected chi connectivity index (χ4v) is 4.01. The quantitative estimate of drug-likeness (QED) is 0.355. The van der Waals surface area contributed by atoms with Crippen LogP contribution in [0.2, 0.25) is 0 Å². The van der Waals surface area contributed by atoms with E-state index in [1.54, 1.807) is 7.11 Å². The second-order valence-electron chi connectivity index (χ2n) is 7.42. The van der Waals surface area contributed by atoms with Crippen LogP contribution in [0, 0.1) is 0 Å². The number of methoxy groups -OCH3 is 1. The summed E-state index contributed by atoms with van der Waals surface area (Å²) >= 11 is 0. The number of hydrogen-bond donors (Lipinski definition) is 1. The number of carbonyl (C=O) groups is 1. The second-order valence-corrected chi connectivity index (χ2v) is 7.42. The Hall–Kier alpha value is -1.34. The molecule has 0 aliphatic carbocycles. The Morgan fingerprint density at radius 1 is 1.30 bits per heavy atom. The Balaban J connectivity index is 1.67. The zero-order chi connectivity index (χ0) is 19.5. The Bertz CT molecular complexity index is 464. The number of rotatable bonds is 10. The molecule has 0 aromatic heterocycles. The molecule has 156 valence electrons. The van der Waals surface area contributed by atoms with Crippen LogP contribution < -0.4 is 5.32 Å². The molecule has 7 nitrogen and oxygen atoms in total. The topological polar surface area (TPSA) is 66.4 Å². The van der Waals surface area contributed by atoms with Crippen LogP contribution in [-0.4, -0.2) is 87.4 Å². The van der Waals surface area contributed by atoms with Gasteiger partial charge in [0.2, 0.25) is 5.91 Å². The average molecular weight is 383 g/mol.